The highest BCUT2D eigenvalue weighted by Crippen LogP contribution is 2.35. The van der Waals surface area contributed by atoms with Crippen molar-refractivity contribution in [2.75, 3.05) is 85.8 Å². The zero-order valence-corrected chi connectivity index (χ0v) is 69.1. The lowest BCUT2D eigenvalue weighted by atomic mass is 9.86. The van der Waals surface area contributed by atoms with Crippen molar-refractivity contribution in [2.24, 2.45) is 35.0 Å². The molecule has 4 aliphatic rings. The minimum absolute atomic E-state index is 0.0112. The van der Waals surface area contributed by atoms with Crippen LogP contribution in [0.15, 0.2) is 0 Å². The molecule has 0 aromatic heterocycles. The summed E-state index contributed by atoms with van der Waals surface area (Å²) >= 11 is 0. The molecule has 658 valence electrons. The molecular formula is C84H150N2O27. The minimum atomic E-state index is -1.20. The normalized spacial score (nSPS) is 26.9. The maximum absolute atomic E-state index is 12.8. The van der Waals surface area contributed by atoms with E-state index in [-0.39, 0.29) is 98.3 Å². The van der Waals surface area contributed by atoms with Crippen molar-refractivity contribution >= 4 is 46.5 Å². The molecule has 0 aromatic carbocycles. The van der Waals surface area contributed by atoms with Gasteiger partial charge in [-0.1, -0.05) is 92.4 Å². The van der Waals surface area contributed by atoms with Crippen LogP contribution in [0.4, 0.5) is 0 Å². The summed E-state index contributed by atoms with van der Waals surface area (Å²) in [7, 11) is 0. The lowest BCUT2D eigenvalue weighted by Gasteiger charge is -2.40. The number of ketones is 6. The average Bonchev–Trinajstić information content (AvgIpc) is 1.61. The summed E-state index contributed by atoms with van der Waals surface area (Å²) in [6.07, 6.45) is 13.6. The summed E-state index contributed by atoms with van der Waals surface area (Å²) in [5.74, 6) is -0.809. The number of carbonyl (C=O) groups is 8. The van der Waals surface area contributed by atoms with Gasteiger partial charge in [0.05, 0.1) is 70.7 Å². The highest BCUT2D eigenvalue weighted by molar-refractivity contribution is 5.82. The molecule has 4 rings (SSSR count). The summed E-state index contributed by atoms with van der Waals surface area (Å²) < 4.78 is 46.0. The molecule has 16 unspecified atom stereocenters. The maximum atomic E-state index is 12.8. The van der Waals surface area contributed by atoms with Crippen molar-refractivity contribution in [3.8, 4) is 0 Å². The number of ether oxygens (including phenoxy) is 8. The molecule has 29 nitrogen and oxygen atoms in total. The Bertz CT molecular complexity index is 2370. The van der Waals surface area contributed by atoms with E-state index in [9.17, 15) is 94.5 Å². The zero-order chi connectivity index (χ0) is 83.4. The van der Waals surface area contributed by atoms with Crippen molar-refractivity contribution in [2.45, 2.75) is 365 Å². The third-order valence-corrected chi connectivity index (χ3v) is 22.5. The smallest absolute Gasteiger partial charge is 0.219 e. The fourth-order valence-corrected chi connectivity index (χ4v) is 14.7. The van der Waals surface area contributed by atoms with Crippen LogP contribution >= 0.6 is 0 Å². The van der Waals surface area contributed by atoms with E-state index >= 15 is 0 Å². The second-order valence-corrected chi connectivity index (χ2v) is 32.5. The van der Waals surface area contributed by atoms with Crippen molar-refractivity contribution in [3.63, 3.8) is 0 Å². The van der Waals surface area contributed by atoms with E-state index in [0.29, 0.717) is 206 Å². The fraction of sp³-hybridized carbons (Fsp3) is 0.905. The molecule has 0 bridgehead atoms. The van der Waals surface area contributed by atoms with Gasteiger partial charge in [0.2, 0.25) is 11.8 Å². The number of rotatable bonds is 66. The first-order chi connectivity index (χ1) is 54.2. The highest BCUT2D eigenvalue weighted by atomic mass is 16.7. The van der Waals surface area contributed by atoms with Crippen molar-refractivity contribution in [1.29, 1.82) is 0 Å². The first-order valence-electron chi connectivity index (χ1n) is 43.0. The first-order valence-corrected chi connectivity index (χ1v) is 43.0. The van der Waals surface area contributed by atoms with Gasteiger partial charge in [0.25, 0.3) is 0 Å². The van der Waals surface area contributed by atoms with Crippen LogP contribution < -0.4 is 10.6 Å². The van der Waals surface area contributed by atoms with E-state index in [1.165, 1.54) is 19.3 Å². The SMILES string of the molecule is CC1C(OCCCCC(=O)CCCCCC(=O)CCOCC(C)(CCCCC(=O)NCCCNC(=O)CCCCOC2OC(CO)C(O)C(O)C2C)COCCC(=O)CCCCCC(=O)CCCCOC2OC(CO)C(O)C(O)C2C)OC(CO)C(O)C1O.CCC(=O)CCCCCCCCCCC(=O)C1C[C@H](O)C[C@H]1CO. The molecule has 0 radical (unpaired) electrons. The molecule has 3 aliphatic heterocycles. The Morgan fingerprint density at radius 1 is 0.363 bits per heavy atom. The van der Waals surface area contributed by atoms with Gasteiger partial charge in [-0.15, -0.1) is 0 Å². The molecule has 4 fully saturated rings. The van der Waals surface area contributed by atoms with Gasteiger partial charge in [-0.3, -0.25) is 38.4 Å². The topological polar surface area (TPSA) is 457 Å². The van der Waals surface area contributed by atoms with Crippen molar-refractivity contribution in [1.82, 2.24) is 10.6 Å². The average molecular weight is 1620 g/mol. The van der Waals surface area contributed by atoms with Crippen LogP contribution in [0.3, 0.4) is 0 Å². The predicted octanol–water partition coefficient (Wildman–Crippen LogP) is 6.77. The van der Waals surface area contributed by atoms with Gasteiger partial charge in [0.15, 0.2) is 18.9 Å². The number of hydrogen-bond donors (Lipinski definition) is 13. The molecule has 1 saturated carbocycles. The van der Waals surface area contributed by atoms with Crippen LogP contribution in [-0.4, -0.2) is 268 Å². The van der Waals surface area contributed by atoms with Crippen molar-refractivity contribution < 1.29 is 132 Å². The standard InChI is InChI=1S/C64H114N2O23.C20H36O4/c1-43-55(76)58(79)50(38-67)87-61(43)84-33-16-12-24-46(70)20-7-5-9-22-48(72)28-36-82-41-64(4,30-15-11-26-53(74)65-31-19-32-66-54(75)27-14-18-35-86-63-45(3)57(78)60(81)52(40-69)89-63)42-83-37-29-49(73)23-10-6-8-21-47(71)25-13-17-34-85-62-44(2)56(77)59(80)51(39-68)88-62;1-2-17(22)11-9-7-5-3-4-6-8-10-12-20(24)19-14-18(23)13-16(19)15-21/h43-45,50-52,55-63,67-69,76-81H,5-42H2,1-4H3,(H,65,74)(H,66,75);16,18-19,21,23H,2-15H2,1H3/t;16-,18+,19?/m.0/s1. The van der Waals surface area contributed by atoms with Gasteiger partial charge >= 0.3 is 0 Å². The monoisotopic (exact) mass is 1620 g/mol. The number of carbonyl (C=O) groups excluding carboxylic acids is 8. The molecule has 29 heteroatoms. The Kier molecular flexibility index (Phi) is 56.3. The quantitative estimate of drug-likeness (QED) is 0.0279. The molecule has 113 heavy (non-hydrogen) atoms. The number of nitrogens with one attached hydrogen (secondary N) is 2. The molecule has 13 N–H and O–H groups in total. The van der Waals surface area contributed by atoms with Crippen LogP contribution in [0.25, 0.3) is 0 Å². The lowest BCUT2D eigenvalue weighted by molar-refractivity contribution is -0.282. The van der Waals surface area contributed by atoms with Crippen LogP contribution in [0, 0.1) is 35.0 Å². The van der Waals surface area contributed by atoms with Crippen LogP contribution in [0.2, 0.25) is 0 Å². The lowest BCUT2D eigenvalue weighted by Crippen LogP contribution is -2.55. The number of aliphatic hydroxyl groups is 11. The van der Waals surface area contributed by atoms with Gasteiger partial charge in [-0.2, -0.15) is 0 Å². The number of hydrogen-bond acceptors (Lipinski definition) is 27. The summed E-state index contributed by atoms with van der Waals surface area (Å²) in [6, 6.07) is 0. The van der Waals surface area contributed by atoms with Crippen LogP contribution in [0.1, 0.15) is 285 Å². The summed E-state index contributed by atoms with van der Waals surface area (Å²) in [4.78, 5) is 99.1. The van der Waals surface area contributed by atoms with Crippen molar-refractivity contribution in [3.05, 3.63) is 0 Å². The Hall–Kier alpha value is -3.80. The Labute approximate surface area is 672 Å². The van der Waals surface area contributed by atoms with Crippen LogP contribution in [0.5, 0.6) is 0 Å². The van der Waals surface area contributed by atoms with Gasteiger partial charge in [0.1, 0.15) is 71.3 Å². The molecule has 0 spiro atoms. The first kappa shape index (κ1) is 103. The summed E-state index contributed by atoms with van der Waals surface area (Å²) in [6.45, 7) is 10.5. The second kappa shape index (κ2) is 61.5. The number of unbranched alkanes of at least 4 members (excludes halogenated alkanes) is 15. The van der Waals surface area contributed by atoms with E-state index in [2.05, 4.69) is 10.6 Å². The molecule has 2 amide bonds. The Balaban J connectivity index is 0.00000117. The van der Waals surface area contributed by atoms with E-state index in [1.807, 2.05) is 13.8 Å². The maximum Gasteiger partial charge on any atom is 0.219 e. The largest absolute Gasteiger partial charge is 0.396 e. The molecular weight excluding hydrogens is 1470 g/mol. The van der Waals surface area contributed by atoms with E-state index < -0.39 is 123 Å². The summed E-state index contributed by atoms with van der Waals surface area (Å²) in [5.41, 5.74) is -0.464. The fourth-order valence-electron chi connectivity index (χ4n) is 14.7. The Morgan fingerprint density at radius 3 is 1.04 bits per heavy atom. The van der Waals surface area contributed by atoms with Crippen LogP contribution in [-0.2, 0) is 76.3 Å². The van der Waals surface area contributed by atoms with E-state index in [4.69, 9.17) is 37.9 Å². The molecule has 3 saturated heterocycles. The van der Waals surface area contributed by atoms with Gasteiger partial charge < -0.3 is 105 Å². The number of Topliss-reactive ketones (excluding diaryl/α,β-unsaturated/α-hetero) is 6. The minimum Gasteiger partial charge on any atom is -0.396 e. The molecule has 1 aliphatic carbocycles. The molecule has 0 aromatic rings. The summed E-state index contributed by atoms with van der Waals surface area (Å²) in [5, 5.41) is 114. The third kappa shape index (κ3) is 43.7. The number of amides is 2. The van der Waals surface area contributed by atoms with Gasteiger partial charge in [-0.05, 0) is 115 Å². The molecule has 3 heterocycles. The zero-order valence-electron chi connectivity index (χ0n) is 69.1. The van der Waals surface area contributed by atoms with E-state index in [0.717, 1.165) is 51.4 Å². The van der Waals surface area contributed by atoms with E-state index in [1.54, 1.807) is 20.8 Å². The second-order valence-electron chi connectivity index (χ2n) is 32.5. The Morgan fingerprint density at radius 2 is 0.681 bits per heavy atom. The van der Waals surface area contributed by atoms with Gasteiger partial charge in [0, 0.05) is 152 Å². The number of aliphatic hydroxyl groups excluding tert-OH is 11. The van der Waals surface area contributed by atoms with Gasteiger partial charge in [-0.25, -0.2) is 0 Å². The highest BCUT2D eigenvalue weighted by Gasteiger charge is 2.45. The predicted molar refractivity (Wildman–Crippen MR) is 420 cm³/mol. The third-order valence-electron chi connectivity index (χ3n) is 22.5. The molecule has 18 atom stereocenters.